The standard InChI is InChI=1S/C14H8BBr/c15-13-5-1-3-11(9-13)7-8-12-4-2-6-14(16)10-12/h1-6,9-10H. The van der Waals surface area contributed by atoms with Crippen LogP contribution in [0.2, 0.25) is 0 Å². The molecule has 74 valence electrons. The number of benzene rings is 2. The fraction of sp³-hybridized carbons (Fsp3) is 0. The topological polar surface area (TPSA) is 0 Å². The molecule has 0 atom stereocenters. The largest absolute Gasteiger partial charge is 0.113 e. The van der Waals surface area contributed by atoms with E-state index in [4.69, 9.17) is 7.85 Å². The van der Waals surface area contributed by atoms with Gasteiger partial charge in [-0.3, -0.25) is 0 Å². The van der Waals surface area contributed by atoms with E-state index in [1.54, 1.807) is 0 Å². The summed E-state index contributed by atoms with van der Waals surface area (Å²) >= 11 is 3.41. The van der Waals surface area contributed by atoms with Gasteiger partial charge in [-0.1, -0.05) is 57.5 Å². The minimum absolute atomic E-state index is 0.737. The summed E-state index contributed by atoms with van der Waals surface area (Å²) in [4.78, 5) is 0. The Morgan fingerprint density at radius 2 is 1.50 bits per heavy atom. The Morgan fingerprint density at radius 1 is 0.875 bits per heavy atom. The van der Waals surface area contributed by atoms with Crippen LogP contribution < -0.4 is 5.46 Å². The SMILES string of the molecule is [B]c1cccc(C#Cc2cccc(Br)c2)c1. The van der Waals surface area contributed by atoms with E-state index in [0.717, 1.165) is 21.1 Å². The van der Waals surface area contributed by atoms with Crippen molar-refractivity contribution in [2.75, 3.05) is 0 Å². The zero-order valence-electron chi connectivity index (χ0n) is 8.57. The van der Waals surface area contributed by atoms with Gasteiger partial charge in [0.05, 0.1) is 0 Å². The maximum Gasteiger partial charge on any atom is 0.113 e. The van der Waals surface area contributed by atoms with Crippen molar-refractivity contribution < 1.29 is 0 Å². The maximum atomic E-state index is 5.68. The number of hydrogen-bond donors (Lipinski definition) is 0. The second kappa shape index (κ2) is 5.05. The molecule has 0 aliphatic carbocycles. The molecule has 2 heteroatoms. The highest BCUT2D eigenvalue weighted by atomic mass is 79.9. The van der Waals surface area contributed by atoms with Crippen molar-refractivity contribution in [2.24, 2.45) is 0 Å². The molecule has 16 heavy (non-hydrogen) atoms. The normalized spacial score (nSPS) is 9.31. The van der Waals surface area contributed by atoms with Gasteiger partial charge >= 0.3 is 0 Å². The number of hydrogen-bond acceptors (Lipinski definition) is 0. The Morgan fingerprint density at radius 3 is 2.12 bits per heavy atom. The zero-order chi connectivity index (χ0) is 11.4. The molecule has 2 aromatic rings. The van der Waals surface area contributed by atoms with Gasteiger partial charge in [0.1, 0.15) is 7.85 Å². The fourth-order valence-electron chi connectivity index (χ4n) is 1.33. The first kappa shape index (κ1) is 11.0. The van der Waals surface area contributed by atoms with Crippen molar-refractivity contribution in [3.05, 3.63) is 64.1 Å². The Kier molecular flexibility index (Phi) is 3.49. The van der Waals surface area contributed by atoms with E-state index in [2.05, 4.69) is 27.8 Å². The van der Waals surface area contributed by atoms with Crippen LogP contribution in [0.3, 0.4) is 0 Å². The molecule has 0 saturated heterocycles. The van der Waals surface area contributed by atoms with E-state index in [0.29, 0.717) is 0 Å². The van der Waals surface area contributed by atoms with Crippen LogP contribution in [0.1, 0.15) is 11.1 Å². The maximum absolute atomic E-state index is 5.68. The Hall–Kier alpha value is -1.46. The summed E-state index contributed by atoms with van der Waals surface area (Å²) in [6.45, 7) is 0. The summed E-state index contributed by atoms with van der Waals surface area (Å²) in [6, 6.07) is 15.5. The van der Waals surface area contributed by atoms with Crippen LogP contribution >= 0.6 is 15.9 Å². The molecule has 2 radical (unpaired) electrons. The van der Waals surface area contributed by atoms with E-state index < -0.39 is 0 Å². The molecule has 0 fully saturated rings. The van der Waals surface area contributed by atoms with Crippen LogP contribution in [0.5, 0.6) is 0 Å². The highest BCUT2D eigenvalue weighted by Gasteiger charge is 1.89. The van der Waals surface area contributed by atoms with Crippen LogP contribution in [0, 0.1) is 11.8 Å². The van der Waals surface area contributed by atoms with Gasteiger partial charge in [0.2, 0.25) is 0 Å². The molecule has 0 amide bonds. The smallest absolute Gasteiger partial charge is 0.0954 e. The monoisotopic (exact) mass is 266 g/mol. The fourth-order valence-corrected chi connectivity index (χ4v) is 1.73. The molecular formula is C14H8BBr. The summed E-state index contributed by atoms with van der Waals surface area (Å²) in [5, 5.41) is 0. The molecule has 2 aromatic carbocycles. The summed E-state index contributed by atoms with van der Waals surface area (Å²) in [5.74, 6) is 6.17. The predicted octanol–water partition coefficient (Wildman–Crippen LogP) is 2.64. The van der Waals surface area contributed by atoms with Gasteiger partial charge in [-0.05, 0) is 24.3 Å². The molecular weight excluding hydrogens is 259 g/mol. The van der Waals surface area contributed by atoms with E-state index in [9.17, 15) is 0 Å². The molecule has 0 aliphatic rings. The summed E-state index contributed by atoms with van der Waals surface area (Å²) < 4.78 is 1.03. The molecule has 0 N–H and O–H groups in total. The van der Waals surface area contributed by atoms with Crippen LogP contribution in [-0.2, 0) is 0 Å². The third-order valence-electron chi connectivity index (χ3n) is 2.06. The van der Waals surface area contributed by atoms with Crippen molar-refractivity contribution in [2.45, 2.75) is 0 Å². The average Bonchev–Trinajstić information content (AvgIpc) is 2.27. The van der Waals surface area contributed by atoms with E-state index in [1.165, 1.54) is 0 Å². The van der Waals surface area contributed by atoms with Crippen molar-refractivity contribution in [3.8, 4) is 11.8 Å². The van der Waals surface area contributed by atoms with Crippen molar-refractivity contribution in [3.63, 3.8) is 0 Å². The van der Waals surface area contributed by atoms with Gasteiger partial charge < -0.3 is 0 Å². The lowest BCUT2D eigenvalue weighted by molar-refractivity contribution is 1.60. The first-order valence-corrected chi connectivity index (χ1v) is 5.66. The van der Waals surface area contributed by atoms with Gasteiger partial charge in [0.25, 0.3) is 0 Å². The lowest BCUT2D eigenvalue weighted by Crippen LogP contribution is -2.00. The van der Waals surface area contributed by atoms with Gasteiger partial charge in [-0.25, -0.2) is 0 Å². The molecule has 0 saturated carbocycles. The number of halogens is 1. The summed E-state index contributed by atoms with van der Waals surface area (Å²) in [7, 11) is 5.68. The first-order valence-electron chi connectivity index (χ1n) is 4.87. The van der Waals surface area contributed by atoms with Gasteiger partial charge in [-0.2, -0.15) is 0 Å². The van der Waals surface area contributed by atoms with Crippen molar-refractivity contribution in [1.82, 2.24) is 0 Å². The van der Waals surface area contributed by atoms with Crippen LogP contribution in [0.15, 0.2) is 53.0 Å². The third-order valence-corrected chi connectivity index (χ3v) is 2.56. The van der Waals surface area contributed by atoms with Gasteiger partial charge in [-0.15, -0.1) is 0 Å². The molecule has 0 bridgehead atoms. The minimum atomic E-state index is 0.737. The van der Waals surface area contributed by atoms with Crippen molar-refractivity contribution >= 4 is 29.2 Å². The lowest BCUT2D eigenvalue weighted by atomic mass is 9.94. The van der Waals surface area contributed by atoms with E-state index in [1.807, 2.05) is 48.5 Å². The predicted molar refractivity (Wildman–Crippen MR) is 72.0 cm³/mol. The second-order valence-electron chi connectivity index (χ2n) is 3.39. The van der Waals surface area contributed by atoms with Crippen molar-refractivity contribution in [1.29, 1.82) is 0 Å². The molecule has 0 heterocycles. The second-order valence-corrected chi connectivity index (χ2v) is 4.30. The van der Waals surface area contributed by atoms with Gasteiger partial charge in [0.15, 0.2) is 0 Å². The Bertz CT molecular complexity index is 515. The van der Waals surface area contributed by atoms with E-state index in [-0.39, 0.29) is 0 Å². The first-order chi connectivity index (χ1) is 7.74. The summed E-state index contributed by atoms with van der Waals surface area (Å²) in [5.41, 5.74) is 2.65. The summed E-state index contributed by atoms with van der Waals surface area (Å²) in [6.07, 6.45) is 0. The van der Waals surface area contributed by atoms with Crippen LogP contribution in [0.25, 0.3) is 0 Å². The highest BCUT2D eigenvalue weighted by molar-refractivity contribution is 9.10. The minimum Gasteiger partial charge on any atom is -0.0954 e. The molecule has 0 aromatic heterocycles. The lowest BCUT2D eigenvalue weighted by Gasteiger charge is -1.93. The Labute approximate surface area is 105 Å². The molecule has 0 unspecified atom stereocenters. The quantitative estimate of drug-likeness (QED) is 0.508. The van der Waals surface area contributed by atoms with Crippen LogP contribution in [0.4, 0.5) is 0 Å². The van der Waals surface area contributed by atoms with Crippen LogP contribution in [-0.4, -0.2) is 7.85 Å². The average molecular weight is 267 g/mol. The van der Waals surface area contributed by atoms with E-state index >= 15 is 0 Å². The molecule has 0 nitrogen and oxygen atoms in total. The highest BCUT2D eigenvalue weighted by Crippen LogP contribution is 2.10. The Balaban J connectivity index is 2.28. The van der Waals surface area contributed by atoms with Gasteiger partial charge in [0, 0.05) is 15.6 Å². The zero-order valence-corrected chi connectivity index (χ0v) is 10.2. The molecule has 2 rings (SSSR count). The molecule has 0 aliphatic heterocycles. The molecule has 0 spiro atoms. The third kappa shape index (κ3) is 3.02. The number of rotatable bonds is 0.